The molecule has 0 bridgehead atoms. The summed E-state index contributed by atoms with van der Waals surface area (Å²) in [5.41, 5.74) is 0.825. The Labute approximate surface area is 126 Å². The summed E-state index contributed by atoms with van der Waals surface area (Å²) in [5, 5.41) is 8.68. The van der Waals surface area contributed by atoms with E-state index in [1.807, 2.05) is 4.90 Å². The van der Waals surface area contributed by atoms with Crippen LogP contribution in [-0.2, 0) is 11.3 Å². The highest BCUT2D eigenvalue weighted by Crippen LogP contribution is 2.30. The number of rotatable bonds is 5. The SMILES string of the molecule is COc1cc(CN2CCOCC2=NC#N)ccc1OC(F)F. The van der Waals surface area contributed by atoms with Crippen molar-refractivity contribution in [3.05, 3.63) is 23.8 Å². The normalized spacial score (nSPS) is 16.7. The first-order valence-corrected chi connectivity index (χ1v) is 6.54. The van der Waals surface area contributed by atoms with E-state index >= 15 is 0 Å². The van der Waals surface area contributed by atoms with E-state index in [4.69, 9.17) is 14.7 Å². The molecule has 0 saturated carbocycles. The molecule has 1 aliphatic rings. The lowest BCUT2D eigenvalue weighted by atomic mass is 10.1. The van der Waals surface area contributed by atoms with E-state index < -0.39 is 6.61 Å². The zero-order valence-corrected chi connectivity index (χ0v) is 12.0. The largest absolute Gasteiger partial charge is 0.493 e. The molecule has 0 N–H and O–H groups in total. The molecule has 1 aromatic carbocycles. The molecule has 0 aromatic heterocycles. The number of aliphatic imine (C=N–C) groups is 1. The fraction of sp³-hybridized carbons (Fsp3) is 0.429. The zero-order chi connectivity index (χ0) is 15.9. The zero-order valence-electron chi connectivity index (χ0n) is 12.0. The van der Waals surface area contributed by atoms with Crippen LogP contribution in [0.1, 0.15) is 5.56 Å². The Bertz CT molecular complexity index is 587. The summed E-state index contributed by atoms with van der Waals surface area (Å²) >= 11 is 0. The van der Waals surface area contributed by atoms with Crippen LogP contribution in [0.5, 0.6) is 11.5 Å². The number of benzene rings is 1. The average Bonchev–Trinajstić information content (AvgIpc) is 2.50. The molecule has 0 atom stereocenters. The Kier molecular flexibility index (Phi) is 5.49. The standard InChI is InChI=1S/C14H15F2N3O3/c1-20-12-6-10(2-3-11(12)22-14(15)16)7-19-4-5-21-8-13(19)18-9-17/h2-3,6,14H,4-5,7-8H2,1H3. The van der Waals surface area contributed by atoms with Gasteiger partial charge in [-0.1, -0.05) is 6.07 Å². The molecule has 1 aromatic rings. The molecule has 22 heavy (non-hydrogen) atoms. The van der Waals surface area contributed by atoms with Gasteiger partial charge in [-0.3, -0.25) is 0 Å². The number of hydrogen-bond donors (Lipinski definition) is 0. The summed E-state index contributed by atoms with van der Waals surface area (Å²) in [6, 6.07) is 4.72. The van der Waals surface area contributed by atoms with Gasteiger partial charge in [0.1, 0.15) is 12.4 Å². The third-order valence-electron chi connectivity index (χ3n) is 3.10. The van der Waals surface area contributed by atoms with Gasteiger partial charge in [0, 0.05) is 13.1 Å². The minimum Gasteiger partial charge on any atom is -0.493 e. The second-order valence-electron chi connectivity index (χ2n) is 4.47. The Morgan fingerprint density at radius 1 is 1.45 bits per heavy atom. The van der Waals surface area contributed by atoms with Crippen molar-refractivity contribution in [1.29, 1.82) is 5.26 Å². The van der Waals surface area contributed by atoms with Crippen LogP contribution >= 0.6 is 0 Å². The average molecular weight is 311 g/mol. The van der Waals surface area contributed by atoms with E-state index in [-0.39, 0.29) is 18.1 Å². The number of ether oxygens (including phenoxy) is 3. The number of hydrogen-bond acceptors (Lipinski definition) is 5. The molecule has 8 heteroatoms. The van der Waals surface area contributed by atoms with Crippen molar-refractivity contribution in [2.24, 2.45) is 4.99 Å². The maximum absolute atomic E-state index is 12.3. The molecular weight excluding hydrogens is 296 g/mol. The molecule has 1 heterocycles. The van der Waals surface area contributed by atoms with Crippen molar-refractivity contribution in [3.8, 4) is 17.7 Å². The van der Waals surface area contributed by atoms with Gasteiger partial charge >= 0.3 is 6.61 Å². The molecule has 1 aliphatic heterocycles. The van der Waals surface area contributed by atoms with Gasteiger partial charge in [0.15, 0.2) is 11.5 Å². The van der Waals surface area contributed by atoms with E-state index in [2.05, 4.69) is 9.73 Å². The molecule has 1 fully saturated rings. The van der Waals surface area contributed by atoms with Crippen molar-refractivity contribution in [3.63, 3.8) is 0 Å². The van der Waals surface area contributed by atoms with E-state index in [9.17, 15) is 8.78 Å². The monoisotopic (exact) mass is 311 g/mol. The molecule has 0 amide bonds. The van der Waals surface area contributed by atoms with Crippen LogP contribution in [0.15, 0.2) is 23.2 Å². The maximum Gasteiger partial charge on any atom is 0.387 e. The second-order valence-corrected chi connectivity index (χ2v) is 4.47. The van der Waals surface area contributed by atoms with Crippen LogP contribution in [0, 0.1) is 11.5 Å². The molecule has 2 rings (SSSR count). The fourth-order valence-electron chi connectivity index (χ4n) is 2.11. The van der Waals surface area contributed by atoms with Crippen LogP contribution < -0.4 is 9.47 Å². The van der Waals surface area contributed by atoms with Gasteiger partial charge in [0.25, 0.3) is 0 Å². The molecule has 6 nitrogen and oxygen atoms in total. The van der Waals surface area contributed by atoms with E-state index in [1.54, 1.807) is 18.3 Å². The molecule has 0 spiro atoms. The highest BCUT2D eigenvalue weighted by atomic mass is 19.3. The number of nitriles is 1. The van der Waals surface area contributed by atoms with Crippen LogP contribution in [0.25, 0.3) is 0 Å². The Balaban J connectivity index is 2.15. The van der Waals surface area contributed by atoms with E-state index in [1.165, 1.54) is 13.2 Å². The first kappa shape index (κ1) is 16.0. The predicted molar refractivity (Wildman–Crippen MR) is 73.9 cm³/mol. The number of amidine groups is 1. The predicted octanol–water partition coefficient (Wildman–Crippen LogP) is 2.01. The Hall–Kier alpha value is -2.40. The quantitative estimate of drug-likeness (QED) is 0.778. The molecule has 0 unspecified atom stereocenters. The van der Waals surface area contributed by atoms with Gasteiger partial charge in [-0.05, 0) is 17.7 Å². The van der Waals surface area contributed by atoms with Crippen molar-refractivity contribution in [2.45, 2.75) is 13.2 Å². The number of nitrogens with zero attached hydrogens (tertiary/aromatic N) is 3. The number of methoxy groups -OCH3 is 1. The maximum atomic E-state index is 12.3. The minimum atomic E-state index is -2.91. The van der Waals surface area contributed by atoms with E-state index in [0.717, 1.165) is 5.56 Å². The summed E-state index contributed by atoms with van der Waals surface area (Å²) < 4.78 is 39.3. The molecule has 1 saturated heterocycles. The van der Waals surface area contributed by atoms with Crippen LogP contribution in [0.4, 0.5) is 8.78 Å². The van der Waals surface area contributed by atoms with Gasteiger partial charge in [0.2, 0.25) is 6.19 Å². The molecular formula is C14H15F2N3O3. The Morgan fingerprint density at radius 3 is 2.95 bits per heavy atom. The fourth-order valence-corrected chi connectivity index (χ4v) is 2.11. The summed E-state index contributed by atoms with van der Waals surface area (Å²) in [6.07, 6.45) is 1.74. The highest BCUT2D eigenvalue weighted by Gasteiger charge is 2.18. The smallest absolute Gasteiger partial charge is 0.387 e. The third kappa shape index (κ3) is 4.05. The summed E-state index contributed by atoms with van der Waals surface area (Å²) in [5.74, 6) is 0.750. The number of morpholine rings is 1. The number of halogens is 2. The van der Waals surface area contributed by atoms with Crippen LogP contribution in [-0.4, -0.2) is 44.2 Å². The molecule has 118 valence electrons. The lowest BCUT2D eigenvalue weighted by molar-refractivity contribution is -0.0512. The van der Waals surface area contributed by atoms with E-state index in [0.29, 0.717) is 25.5 Å². The molecule has 0 radical (unpaired) electrons. The lowest BCUT2D eigenvalue weighted by Gasteiger charge is -2.29. The highest BCUT2D eigenvalue weighted by molar-refractivity contribution is 5.84. The Morgan fingerprint density at radius 2 is 2.27 bits per heavy atom. The topological polar surface area (TPSA) is 67.1 Å². The summed E-state index contributed by atoms with van der Waals surface area (Å²) in [7, 11) is 1.38. The summed E-state index contributed by atoms with van der Waals surface area (Å²) in [6.45, 7) is -1.04. The first-order chi connectivity index (χ1) is 10.6. The van der Waals surface area contributed by atoms with Gasteiger partial charge in [-0.25, -0.2) is 0 Å². The van der Waals surface area contributed by atoms with Gasteiger partial charge in [0.05, 0.1) is 13.7 Å². The van der Waals surface area contributed by atoms with Crippen molar-refractivity contribution in [1.82, 2.24) is 4.90 Å². The lowest BCUT2D eigenvalue weighted by Crippen LogP contribution is -2.41. The van der Waals surface area contributed by atoms with Crippen molar-refractivity contribution >= 4 is 5.84 Å². The van der Waals surface area contributed by atoms with Crippen molar-refractivity contribution < 1.29 is 23.0 Å². The van der Waals surface area contributed by atoms with Crippen LogP contribution in [0.3, 0.4) is 0 Å². The summed E-state index contributed by atoms with van der Waals surface area (Å²) in [4.78, 5) is 5.63. The second kappa shape index (κ2) is 7.56. The van der Waals surface area contributed by atoms with Crippen molar-refractivity contribution in [2.75, 3.05) is 26.9 Å². The first-order valence-electron chi connectivity index (χ1n) is 6.54. The van der Waals surface area contributed by atoms with Gasteiger partial charge in [-0.2, -0.15) is 19.0 Å². The minimum absolute atomic E-state index is 0.0193. The van der Waals surface area contributed by atoms with Gasteiger partial charge in [-0.15, -0.1) is 0 Å². The van der Waals surface area contributed by atoms with Crippen LogP contribution in [0.2, 0.25) is 0 Å². The third-order valence-corrected chi connectivity index (χ3v) is 3.10. The van der Waals surface area contributed by atoms with Gasteiger partial charge < -0.3 is 19.1 Å². The number of alkyl halides is 2. The molecule has 0 aliphatic carbocycles.